The monoisotopic (exact) mass is 258 g/mol. The molecule has 0 fully saturated rings. The van der Waals surface area contributed by atoms with Crippen LogP contribution in [0.25, 0.3) is 10.8 Å². The van der Waals surface area contributed by atoms with Gasteiger partial charge in [-0.25, -0.2) is 4.79 Å². The van der Waals surface area contributed by atoms with Gasteiger partial charge in [0.05, 0.1) is 7.11 Å². The Morgan fingerprint density at radius 2 is 1.89 bits per heavy atom. The first-order valence-electron chi connectivity index (χ1n) is 5.71. The molecule has 2 aromatic carbocycles. The summed E-state index contributed by atoms with van der Waals surface area (Å²) in [5, 5.41) is 11.3. The molecule has 0 radical (unpaired) electrons. The van der Waals surface area contributed by atoms with Gasteiger partial charge >= 0.3 is 5.97 Å². The number of carbonyl (C=O) groups excluding carboxylic acids is 1. The lowest BCUT2D eigenvalue weighted by molar-refractivity contribution is -0.130. The van der Waals surface area contributed by atoms with Crippen molar-refractivity contribution in [3.63, 3.8) is 0 Å². The Morgan fingerprint density at radius 1 is 1.26 bits per heavy atom. The van der Waals surface area contributed by atoms with Crippen LogP contribution in [0.2, 0.25) is 0 Å². The summed E-state index contributed by atoms with van der Waals surface area (Å²) in [5.41, 5.74) is 0.263. The van der Waals surface area contributed by atoms with E-state index < -0.39 is 5.97 Å². The van der Waals surface area contributed by atoms with Crippen LogP contribution in [-0.4, -0.2) is 18.2 Å². The van der Waals surface area contributed by atoms with Crippen LogP contribution in [0.4, 0.5) is 0 Å². The van der Waals surface area contributed by atoms with Gasteiger partial charge in [-0.15, -0.1) is 0 Å². The normalized spacial score (nSPS) is 10.2. The molecule has 0 bridgehead atoms. The van der Waals surface area contributed by atoms with Crippen molar-refractivity contribution in [1.29, 1.82) is 0 Å². The first-order valence-corrected chi connectivity index (χ1v) is 5.71. The van der Waals surface area contributed by atoms with Crippen molar-refractivity contribution >= 4 is 16.7 Å². The molecule has 0 spiro atoms. The molecule has 4 heteroatoms. The van der Waals surface area contributed by atoms with Crippen molar-refractivity contribution in [3.8, 4) is 17.2 Å². The van der Waals surface area contributed by atoms with Gasteiger partial charge in [-0.2, -0.15) is 0 Å². The largest absolute Gasteiger partial charge is 0.504 e. The number of phenolic OH excluding ortho intramolecular Hbond substituents is 1. The number of phenols is 1. The molecule has 19 heavy (non-hydrogen) atoms. The smallest absolute Gasteiger partial charge is 0.338 e. The number of hydrogen-bond acceptors (Lipinski definition) is 4. The lowest BCUT2D eigenvalue weighted by atomic mass is 10.1. The summed E-state index contributed by atoms with van der Waals surface area (Å²) in [6.45, 7) is 5.06. The number of carbonyl (C=O) groups is 1. The molecule has 0 atom stereocenters. The summed E-state index contributed by atoms with van der Waals surface area (Å²) in [4.78, 5) is 11.6. The van der Waals surface area contributed by atoms with Crippen LogP contribution in [0.1, 0.15) is 6.92 Å². The van der Waals surface area contributed by atoms with E-state index in [9.17, 15) is 9.90 Å². The Balaban J connectivity index is 2.64. The van der Waals surface area contributed by atoms with E-state index in [1.54, 1.807) is 19.1 Å². The number of methoxy groups -OCH3 is 1. The molecule has 0 unspecified atom stereocenters. The van der Waals surface area contributed by atoms with E-state index in [0.29, 0.717) is 11.1 Å². The minimum atomic E-state index is -0.578. The lowest BCUT2D eigenvalue weighted by Crippen LogP contribution is -2.08. The van der Waals surface area contributed by atoms with Crippen LogP contribution in [0.15, 0.2) is 42.5 Å². The molecular formula is C15H14O4. The Bertz CT molecular complexity index is 658. The third-order valence-electron chi connectivity index (χ3n) is 2.70. The van der Waals surface area contributed by atoms with Crippen LogP contribution >= 0.6 is 0 Å². The van der Waals surface area contributed by atoms with Crippen molar-refractivity contribution in [1.82, 2.24) is 0 Å². The molecule has 2 aromatic rings. The lowest BCUT2D eigenvalue weighted by Gasteiger charge is -2.12. The van der Waals surface area contributed by atoms with E-state index in [0.717, 1.165) is 5.39 Å². The summed E-state index contributed by atoms with van der Waals surface area (Å²) < 4.78 is 10.4. The maximum absolute atomic E-state index is 11.6. The SMILES string of the molecule is C=C(C)C(=O)Oc1c(O)cc(OC)c2ccccc12. The second-order valence-electron chi connectivity index (χ2n) is 4.14. The number of rotatable bonds is 3. The fourth-order valence-electron chi connectivity index (χ4n) is 1.76. The molecule has 0 aliphatic heterocycles. The van der Waals surface area contributed by atoms with Gasteiger partial charge < -0.3 is 14.6 Å². The molecule has 0 aliphatic carbocycles. The maximum atomic E-state index is 11.6. The third-order valence-corrected chi connectivity index (χ3v) is 2.70. The van der Waals surface area contributed by atoms with E-state index in [1.807, 2.05) is 12.1 Å². The van der Waals surface area contributed by atoms with Crippen molar-refractivity contribution < 1.29 is 19.4 Å². The Labute approximate surface area is 110 Å². The molecule has 2 rings (SSSR count). The molecule has 0 aromatic heterocycles. The first kappa shape index (κ1) is 13.0. The van der Waals surface area contributed by atoms with Gasteiger partial charge in [0.15, 0.2) is 11.5 Å². The summed E-state index contributed by atoms with van der Waals surface area (Å²) in [6.07, 6.45) is 0. The second-order valence-corrected chi connectivity index (χ2v) is 4.14. The van der Waals surface area contributed by atoms with E-state index in [-0.39, 0.29) is 17.1 Å². The third kappa shape index (κ3) is 2.38. The molecule has 98 valence electrons. The Hall–Kier alpha value is -2.49. The van der Waals surface area contributed by atoms with Gasteiger partial charge in [0.25, 0.3) is 0 Å². The topological polar surface area (TPSA) is 55.8 Å². The van der Waals surface area contributed by atoms with Crippen molar-refractivity contribution in [2.24, 2.45) is 0 Å². The standard InChI is InChI=1S/C15H14O4/c1-9(2)15(17)19-14-11-7-5-4-6-10(11)13(18-3)8-12(14)16/h4-8,16H,1H2,2-3H3. The van der Waals surface area contributed by atoms with Crippen LogP contribution < -0.4 is 9.47 Å². The maximum Gasteiger partial charge on any atom is 0.338 e. The highest BCUT2D eigenvalue weighted by molar-refractivity contribution is 5.98. The van der Waals surface area contributed by atoms with Crippen LogP contribution in [0.5, 0.6) is 17.2 Å². The second kappa shape index (κ2) is 5.02. The molecule has 4 nitrogen and oxygen atoms in total. The van der Waals surface area contributed by atoms with Crippen molar-refractivity contribution in [3.05, 3.63) is 42.5 Å². The highest BCUT2D eigenvalue weighted by atomic mass is 16.5. The molecule has 0 saturated heterocycles. The summed E-state index contributed by atoms with van der Waals surface area (Å²) in [5.74, 6) is -0.0941. The van der Waals surface area contributed by atoms with Crippen molar-refractivity contribution in [2.75, 3.05) is 7.11 Å². The van der Waals surface area contributed by atoms with Gasteiger partial charge in [-0.1, -0.05) is 30.8 Å². The zero-order chi connectivity index (χ0) is 14.0. The van der Waals surface area contributed by atoms with E-state index >= 15 is 0 Å². The molecular weight excluding hydrogens is 244 g/mol. The Kier molecular flexibility index (Phi) is 3.42. The summed E-state index contributed by atoms with van der Waals surface area (Å²) in [7, 11) is 1.51. The van der Waals surface area contributed by atoms with Crippen LogP contribution in [-0.2, 0) is 4.79 Å². The number of ether oxygens (including phenoxy) is 2. The van der Waals surface area contributed by atoms with E-state index in [4.69, 9.17) is 9.47 Å². The van der Waals surface area contributed by atoms with Gasteiger partial charge in [0.2, 0.25) is 0 Å². The zero-order valence-corrected chi connectivity index (χ0v) is 10.8. The van der Waals surface area contributed by atoms with Gasteiger partial charge in [-0.05, 0) is 6.92 Å². The molecule has 1 N–H and O–H groups in total. The average Bonchev–Trinajstić information content (AvgIpc) is 2.41. The average molecular weight is 258 g/mol. The molecule has 0 amide bonds. The van der Waals surface area contributed by atoms with E-state index in [1.165, 1.54) is 13.2 Å². The van der Waals surface area contributed by atoms with Crippen LogP contribution in [0.3, 0.4) is 0 Å². The summed E-state index contributed by atoms with van der Waals surface area (Å²) >= 11 is 0. The number of benzene rings is 2. The number of esters is 1. The molecule has 0 aliphatic rings. The predicted molar refractivity (Wildman–Crippen MR) is 72.6 cm³/mol. The van der Waals surface area contributed by atoms with Gasteiger partial charge in [-0.3, -0.25) is 0 Å². The van der Waals surface area contributed by atoms with Crippen molar-refractivity contribution in [2.45, 2.75) is 6.92 Å². The van der Waals surface area contributed by atoms with Gasteiger partial charge in [0, 0.05) is 22.4 Å². The summed E-state index contributed by atoms with van der Waals surface area (Å²) in [6, 6.07) is 8.62. The highest BCUT2D eigenvalue weighted by Crippen LogP contribution is 2.40. The fraction of sp³-hybridized carbons (Fsp3) is 0.133. The first-order chi connectivity index (χ1) is 9.04. The quantitative estimate of drug-likeness (QED) is 0.522. The van der Waals surface area contributed by atoms with Gasteiger partial charge in [0.1, 0.15) is 5.75 Å². The highest BCUT2D eigenvalue weighted by Gasteiger charge is 2.16. The number of hydrogen-bond donors (Lipinski definition) is 1. The minimum Gasteiger partial charge on any atom is -0.504 e. The Morgan fingerprint density at radius 3 is 2.47 bits per heavy atom. The molecule has 0 heterocycles. The minimum absolute atomic E-state index is 0.115. The predicted octanol–water partition coefficient (Wildman–Crippen LogP) is 3.04. The van der Waals surface area contributed by atoms with E-state index in [2.05, 4.69) is 6.58 Å². The molecule has 0 saturated carbocycles. The number of fused-ring (bicyclic) bond motifs is 1. The number of aromatic hydroxyl groups is 1. The fourth-order valence-corrected chi connectivity index (χ4v) is 1.76. The van der Waals surface area contributed by atoms with Crippen LogP contribution in [0, 0.1) is 0 Å². The zero-order valence-electron chi connectivity index (χ0n) is 10.8.